The number of fused-ring (bicyclic) bond motifs is 1. The Morgan fingerprint density at radius 2 is 1.51 bits per heavy atom. The Balaban J connectivity index is 0.00000186. The van der Waals surface area contributed by atoms with Crippen LogP contribution in [0.25, 0.3) is 10.9 Å². The van der Waals surface area contributed by atoms with E-state index in [9.17, 15) is 9.90 Å². The number of para-hydroxylation sites is 1. The lowest BCUT2D eigenvalue weighted by molar-refractivity contribution is -0.126. The summed E-state index contributed by atoms with van der Waals surface area (Å²) in [4.78, 5) is 13.8. The lowest BCUT2D eigenvalue weighted by atomic mass is 9.75. The molecule has 1 aromatic heterocycles. The third-order valence-corrected chi connectivity index (χ3v) is 8.69. The summed E-state index contributed by atoms with van der Waals surface area (Å²) in [5.41, 5.74) is 6.71. The van der Waals surface area contributed by atoms with Gasteiger partial charge in [0.25, 0.3) is 0 Å². The highest BCUT2D eigenvalue weighted by Gasteiger charge is 2.32. The van der Waals surface area contributed by atoms with E-state index in [2.05, 4.69) is 91.9 Å². The average molecular weight is 671 g/mol. The van der Waals surface area contributed by atoms with Gasteiger partial charge in [0.1, 0.15) is 0 Å². The fraction of sp³-hybridized carbons (Fsp3) is 0.489. The van der Waals surface area contributed by atoms with Crippen LogP contribution >= 0.6 is 0 Å². The average Bonchev–Trinajstić information content (AvgIpc) is 3.40. The third-order valence-electron chi connectivity index (χ3n) is 8.69. The summed E-state index contributed by atoms with van der Waals surface area (Å²) in [7, 11) is 0. The van der Waals surface area contributed by atoms with Gasteiger partial charge < -0.3 is 15.0 Å². The molecule has 0 radical (unpaired) electrons. The van der Waals surface area contributed by atoms with Crippen molar-refractivity contribution in [3.05, 3.63) is 120 Å². The smallest absolute Gasteiger partial charge is 0.228 e. The normalized spacial score (nSPS) is 14.2. The monoisotopic (exact) mass is 671 g/mol. The molecule has 1 amide bonds. The van der Waals surface area contributed by atoms with Gasteiger partial charge in [0.2, 0.25) is 5.91 Å². The van der Waals surface area contributed by atoms with Crippen molar-refractivity contribution < 1.29 is 9.90 Å². The van der Waals surface area contributed by atoms with E-state index in [-0.39, 0.29) is 18.4 Å². The molecular formula is C45H70N2O2. The summed E-state index contributed by atoms with van der Waals surface area (Å²) in [6, 6.07) is 17.8. The summed E-state index contributed by atoms with van der Waals surface area (Å²) in [6.07, 6.45) is 17.2. The second kappa shape index (κ2) is 27.2. The topological polar surface area (TPSA) is 54.3 Å². The van der Waals surface area contributed by atoms with Gasteiger partial charge in [0.05, 0.1) is 18.6 Å². The van der Waals surface area contributed by atoms with Gasteiger partial charge in [-0.05, 0) is 81.2 Å². The SMILES string of the molecule is C/C=C/CC.C=C(/C=C\C(=C/C)C(C(=O)N[C@@H](CO)c1ccccc1)C1CCCCC1)Cn1c(C)c(C)c2ccccc21.CC.CC.CC. The van der Waals surface area contributed by atoms with Crippen molar-refractivity contribution in [2.75, 3.05) is 6.61 Å². The zero-order chi connectivity index (χ0) is 37.2. The van der Waals surface area contributed by atoms with Crippen molar-refractivity contribution in [3.63, 3.8) is 0 Å². The minimum absolute atomic E-state index is 0.00830. The Labute approximate surface area is 301 Å². The lowest BCUT2D eigenvalue weighted by Crippen LogP contribution is -2.40. The molecule has 3 aromatic rings. The van der Waals surface area contributed by atoms with E-state index in [0.717, 1.165) is 48.8 Å². The Kier molecular flexibility index (Phi) is 25.2. The predicted molar refractivity (Wildman–Crippen MR) is 217 cm³/mol. The lowest BCUT2D eigenvalue weighted by Gasteiger charge is -2.31. The number of hydrogen-bond acceptors (Lipinski definition) is 2. The molecule has 0 saturated heterocycles. The first-order chi connectivity index (χ1) is 23.9. The number of amides is 1. The molecule has 4 heteroatoms. The number of aromatic nitrogens is 1. The van der Waals surface area contributed by atoms with Crippen molar-refractivity contribution >= 4 is 16.8 Å². The fourth-order valence-corrected chi connectivity index (χ4v) is 6.18. The summed E-state index contributed by atoms with van der Waals surface area (Å²) >= 11 is 0. The van der Waals surface area contributed by atoms with E-state index in [1.807, 2.05) is 85.7 Å². The summed E-state index contributed by atoms with van der Waals surface area (Å²) < 4.78 is 2.32. The van der Waals surface area contributed by atoms with Crippen LogP contribution in [0.4, 0.5) is 0 Å². The number of aryl methyl sites for hydroxylation is 1. The number of aliphatic hydroxyl groups excluding tert-OH is 1. The highest BCUT2D eigenvalue weighted by molar-refractivity contribution is 5.85. The van der Waals surface area contributed by atoms with E-state index in [1.54, 1.807) is 0 Å². The van der Waals surface area contributed by atoms with Crippen LogP contribution in [0.3, 0.4) is 0 Å². The van der Waals surface area contributed by atoms with Crippen molar-refractivity contribution in [2.24, 2.45) is 11.8 Å². The maximum Gasteiger partial charge on any atom is 0.228 e. The highest BCUT2D eigenvalue weighted by atomic mass is 16.3. The minimum atomic E-state index is -0.417. The van der Waals surface area contributed by atoms with E-state index in [0.29, 0.717) is 12.5 Å². The van der Waals surface area contributed by atoms with Gasteiger partial charge in [-0.3, -0.25) is 4.79 Å². The maximum absolute atomic E-state index is 13.8. The molecule has 0 aliphatic heterocycles. The van der Waals surface area contributed by atoms with Crippen molar-refractivity contribution in [2.45, 2.75) is 127 Å². The molecule has 1 saturated carbocycles. The predicted octanol–water partition coefficient (Wildman–Crippen LogP) is 12.4. The number of carbonyl (C=O) groups is 1. The van der Waals surface area contributed by atoms with Crippen molar-refractivity contribution in [3.8, 4) is 0 Å². The number of carbonyl (C=O) groups excluding carboxylic acids is 1. The van der Waals surface area contributed by atoms with E-state index in [4.69, 9.17) is 0 Å². The molecular weight excluding hydrogens is 601 g/mol. The van der Waals surface area contributed by atoms with Crippen LogP contribution in [0.15, 0.2) is 103 Å². The molecule has 2 aromatic carbocycles. The Morgan fingerprint density at radius 3 is 2.04 bits per heavy atom. The molecule has 0 spiro atoms. The van der Waals surface area contributed by atoms with Crippen molar-refractivity contribution in [1.29, 1.82) is 0 Å². The molecule has 1 fully saturated rings. The quantitative estimate of drug-likeness (QED) is 0.158. The first-order valence-electron chi connectivity index (χ1n) is 19.0. The molecule has 1 aliphatic carbocycles. The van der Waals surface area contributed by atoms with Crippen LogP contribution in [0.5, 0.6) is 0 Å². The molecule has 2 N–H and O–H groups in total. The zero-order valence-electron chi connectivity index (χ0n) is 33.0. The number of nitrogens with zero attached hydrogens (tertiary/aromatic N) is 1. The Hall–Kier alpha value is -3.63. The van der Waals surface area contributed by atoms with Gasteiger partial charge in [-0.15, -0.1) is 0 Å². The standard InChI is InChI=1S/C34H42N2O2.C5H10.3C2H6/c1-5-27(21-20-24(2)22-36-26(4)25(3)30-18-12-13-19-32(30)36)33(29-16-10-7-11-17-29)34(38)35-31(23-37)28-14-8-6-9-15-28;1-3-5-4-2;3*1-2/h5-6,8-9,12-15,18-21,29,31,33,37H,2,7,10-11,16-17,22-23H2,1,3-4H3,(H,35,38);3,5H,4H2,1-2H3;3*1-2H3/b21-20-,27-5+;5-3+;;;/t31-,33?;;;;/m0..../s1. The molecule has 1 aliphatic rings. The van der Waals surface area contributed by atoms with Crippen LogP contribution in [-0.2, 0) is 11.3 Å². The number of benzene rings is 2. The highest BCUT2D eigenvalue weighted by Crippen LogP contribution is 2.35. The van der Waals surface area contributed by atoms with Crippen LogP contribution in [0.2, 0.25) is 0 Å². The second-order valence-electron chi connectivity index (χ2n) is 11.6. The summed E-state index contributed by atoms with van der Waals surface area (Å²) in [5.74, 6) is 0.0332. The Morgan fingerprint density at radius 1 is 0.918 bits per heavy atom. The molecule has 4 nitrogen and oxygen atoms in total. The molecule has 0 bridgehead atoms. The van der Waals surface area contributed by atoms with Crippen LogP contribution < -0.4 is 5.32 Å². The van der Waals surface area contributed by atoms with Gasteiger partial charge >= 0.3 is 0 Å². The summed E-state index contributed by atoms with van der Waals surface area (Å²) in [6.45, 7) is 27.4. The third kappa shape index (κ3) is 14.4. The molecule has 1 heterocycles. The van der Waals surface area contributed by atoms with Crippen molar-refractivity contribution in [1.82, 2.24) is 9.88 Å². The van der Waals surface area contributed by atoms with Crippen LogP contribution in [0.1, 0.15) is 124 Å². The molecule has 272 valence electrons. The second-order valence-corrected chi connectivity index (χ2v) is 11.6. The molecule has 49 heavy (non-hydrogen) atoms. The van der Waals surface area contributed by atoms with Gasteiger partial charge in [0.15, 0.2) is 0 Å². The molecule has 2 atom stereocenters. The van der Waals surface area contributed by atoms with Gasteiger partial charge in [0, 0.05) is 23.1 Å². The number of aliphatic hydroxyl groups is 1. The van der Waals surface area contributed by atoms with E-state index < -0.39 is 6.04 Å². The largest absolute Gasteiger partial charge is 0.394 e. The minimum Gasteiger partial charge on any atom is -0.394 e. The maximum atomic E-state index is 13.8. The summed E-state index contributed by atoms with van der Waals surface area (Å²) in [5, 5.41) is 14.5. The molecule has 4 rings (SSSR count). The first-order valence-corrected chi connectivity index (χ1v) is 19.0. The number of allylic oxidation sites excluding steroid dienone is 6. The number of rotatable bonds is 11. The Bertz CT molecular complexity index is 1400. The first kappa shape index (κ1) is 45.4. The van der Waals surface area contributed by atoms with E-state index >= 15 is 0 Å². The number of hydrogen-bond donors (Lipinski definition) is 2. The number of nitrogens with one attached hydrogen (secondary N) is 1. The van der Waals surface area contributed by atoms with Gasteiger partial charge in [-0.2, -0.15) is 0 Å². The van der Waals surface area contributed by atoms with Gasteiger partial charge in [-0.1, -0.05) is 153 Å². The van der Waals surface area contributed by atoms with Crippen LogP contribution in [0, 0.1) is 25.7 Å². The molecule has 1 unspecified atom stereocenters. The zero-order valence-corrected chi connectivity index (χ0v) is 33.0. The van der Waals surface area contributed by atoms with Crippen LogP contribution in [-0.4, -0.2) is 22.2 Å². The fourth-order valence-electron chi connectivity index (χ4n) is 6.18. The van der Waals surface area contributed by atoms with Gasteiger partial charge in [-0.25, -0.2) is 0 Å². The van der Waals surface area contributed by atoms with E-state index in [1.165, 1.54) is 28.6 Å².